The molecule has 0 aromatic heterocycles. The number of carbonyl (C=O) groups excluding carboxylic acids is 1. The highest BCUT2D eigenvalue weighted by molar-refractivity contribution is 6.36. The van der Waals surface area contributed by atoms with Crippen LogP contribution in [0, 0.1) is 0 Å². The molecular weight excluding hydrogens is 170 g/mol. The van der Waals surface area contributed by atoms with Gasteiger partial charge in [0.15, 0.2) is 0 Å². The highest BCUT2D eigenvalue weighted by Gasteiger charge is 2.09. The summed E-state index contributed by atoms with van der Waals surface area (Å²) in [6.07, 6.45) is 1.55. The van der Waals surface area contributed by atoms with E-state index in [2.05, 4.69) is 21.4 Å². The molecule has 5 nitrogen and oxygen atoms in total. The van der Waals surface area contributed by atoms with E-state index in [0.29, 0.717) is 0 Å². The Kier molecular flexibility index (Phi) is 5.18. The average Bonchev–Trinajstić information content (AvgIpc) is 2.14. The van der Waals surface area contributed by atoms with E-state index < -0.39 is 5.97 Å². The van der Waals surface area contributed by atoms with Crippen LogP contribution >= 0.6 is 0 Å². The molecule has 0 aromatic rings. The number of aliphatic imine (C=N–C) groups is 2. The molecule has 0 heterocycles. The largest absolute Gasteiger partial charge is 0.460 e. The monoisotopic (exact) mass is 183 g/mol. The minimum Gasteiger partial charge on any atom is -0.460 e. The summed E-state index contributed by atoms with van der Waals surface area (Å²) >= 11 is 0. The summed E-state index contributed by atoms with van der Waals surface area (Å²) in [6.45, 7) is 6.85. The number of esters is 1. The zero-order chi connectivity index (χ0) is 10.3. The standard InChI is InChI=1S/C8H13N3O2/c1-4-6(9)11-7(10-3)8(12)13-5-2/h4H,3,5,9H2,1-2H3/b6-4-,11-7-. The molecule has 72 valence electrons. The lowest BCUT2D eigenvalue weighted by Gasteiger charge is -1.99. The minimum absolute atomic E-state index is 0.127. The zero-order valence-electron chi connectivity index (χ0n) is 7.78. The van der Waals surface area contributed by atoms with Gasteiger partial charge in [0.1, 0.15) is 5.82 Å². The maximum absolute atomic E-state index is 11.1. The maximum Gasteiger partial charge on any atom is 0.376 e. The summed E-state index contributed by atoms with van der Waals surface area (Å²) < 4.78 is 4.65. The van der Waals surface area contributed by atoms with Crippen LogP contribution in [-0.2, 0) is 9.53 Å². The molecule has 0 unspecified atom stereocenters. The Morgan fingerprint density at radius 1 is 1.69 bits per heavy atom. The van der Waals surface area contributed by atoms with Gasteiger partial charge >= 0.3 is 5.97 Å². The van der Waals surface area contributed by atoms with E-state index in [0.717, 1.165) is 0 Å². The van der Waals surface area contributed by atoms with Gasteiger partial charge in [-0.3, -0.25) is 0 Å². The van der Waals surface area contributed by atoms with Gasteiger partial charge in [-0.25, -0.2) is 14.8 Å². The molecule has 5 heteroatoms. The number of hydrogen-bond donors (Lipinski definition) is 1. The molecule has 0 amide bonds. The Bertz CT molecular complexity index is 256. The first-order valence-corrected chi connectivity index (χ1v) is 3.80. The van der Waals surface area contributed by atoms with E-state index in [9.17, 15) is 4.79 Å². The molecule has 0 aliphatic rings. The van der Waals surface area contributed by atoms with Crippen LogP contribution in [-0.4, -0.2) is 25.1 Å². The number of ether oxygens (including phenoxy) is 1. The number of hydrogen-bond acceptors (Lipinski definition) is 4. The van der Waals surface area contributed by atoms with E-state index in [4.69, 9.17) is 5.73 Å². The molecule has 0 aliphatic carbocycles. The number of carbonyl (C=O) groups is 1. The fraction of sp³-hybridized carbons (Fsp3) is 0.375. The highest BCUT2D eigenvalue weighted by Crippen LogP contribution is 1.92. The summed E-state index contributed by atoms with van der Waals surface area (Å²) in [5.74, 6) is -0.546. The maximum atomic E-state index is 11.1. The molecular formula is C8H13N3O2. The van der Waals surface area contributed by atoms with Gasteiger partial charge < -0.3 is 10.5 Å². The zero-order valence-corrected chi connectivity index (χ0v) is 7.78. The van der Waals surface area contributed by atoms with Gasteiger partial charge in [-0.1, -0.05) is 0 Å². The second-order valence-electron chi connectivity index (χ2n) is 2.03. The van der Waals surface area contributed by atoms with Crippen molar-refractivity contribution in [1.82, 2.24) is 0 Å². The van der Waals surface area contributed by atoms with Gasteiger partial charge in [0.05, 0.1) is 6.61 Å². The SMILES string of the molecule is C=N/C(=N\C(N)=C/C)C(=O)OCC. The first-order valence-electron chi connectivity index (χ1n) is 3.80. The lowest BCUT2D eigenvalue weighted by atomic mass is 10.5. The summed E-state index contributed by atoms with van der Waals surface area (Å²) in [4.78, 5) is 18.1. The van der Waals surface area contributed by atoms with Gasteiger partial charge in [0.25, 0.3) is 0 Å². The fourth-order valence-corrected chi connectivity index (χ4v) is 0.528. The number of nitrogens with zero attached hydrogens (tertiary/aromatic N) is 2. The van der Waals surface area contributed by atoms with Gasteiger partial charge in [-0.2, -0.15) is 0 Å². The Balaban J connectivity index is 4.59. The van der Waals surface area contributed by atoms with Crippen molar-refractivity contribution in [3.8, 4) is 0 Å². The summed E-state index contributed by atoms with van der Waals surface area (Å²) in [7, 11) is 0. The first kappa shape index (κ1) is 11.4. The minimum atomic E-state index is -0.623. The van der Waals surface area contributed by atoms with Gasteiger partial charge in [0, 0.05) is 0 Å². The van der Waals surface area contributed by atoms with Crippen LogP contribution in [0.4, 0.5) is 0 Å². The fourth-order valence-electron chi connectivity index (χ4n) is 0.528. The quantitative estimate of drug-likeness (QED) is 0.384. The van der Waals surface area contributed by atoms with Crippen LogP contribution in [0.25, 0.3) is 0 Å². The lowest BCUT2D eigenvalue weighted by molar-refractivity contribution is -0.135. The molecule has 0 aliphatic heterocycles. The predicted octanol–water partition coefficient (Wildman–Crippen LogP) is 0.469. The third-order valence-electron chi connectivity index (χ3n) is 1.14. The molecule has 13 heavy (non-hydrogen) atoms. The number of rotatable bonds is 2. The van der Waals surface area contributed by atoms with Gasteiger partial charge in [-0.05, 0) is 26.6 Å². The van der Waals surface area contributed by atoms with Crippen LogP contribution in [0.1, 0.15) is 13.8 Å². The van der Waals surface area contributed by atoms with Crippen molar-refractivity contribution in [3.05, 3.63) is 11.9 Å². The Hall–Kier alpha value is -1.65. The van der Waals surface area contributed by atoms with Crippen LogP contribution in [0.5, 0.6) is 0 Å². The topological polar surface area (TPSA) is 77.0 Å². The Morgan fingerprint density at radius 3 is 2.69 bits per heavy atom. The Labute approximate surface area is 77.0 Å². The molecule has 0 bridgehead atoms. The van der Waals surface area contributed by atoms with Crippen molar-refractivity contribution >= 4 is 18.5 Å². The molecule has 0 radical (unpaired) electrons. The van der Waals surface area contributed by atoms with Crippen molar-refractivity contribution in [2.75, 3.05) is 6.61 Å². The lowest BCUT2D eigenvalue weighted by Crippen LogP contribution is -2.16. The van der Waals surface area contributed by atoms with Crippen LogP contribution < -0.4 is 5.73 Å². The third kappa shape index (κ3) is 4.05. The molecule has 0 fully saturated rings. The highest BCUT2D eigenvalue weighted by atomic mass is 16.5. The van der Waals surface area contributed by atoms with Crippen molar-refractivity contribution in [3.63, 3.8) is 0 Å². The van der Waals surface area contributed by atoms with Gasteiger partial charge in [-0.15, -0.1) is 0 Å². The third-order valence-corrected chi connectivity index (χ3v) is 1.14. The average molecular weight is 183 g/mol. The number of nitrogens with two attached hydrogens (primary N) is 1. The van der Waals surface area contributed by atoms with Crippen molar-refractivity contribution in [2.24, 2.45) is 15.7 Å². The van der Waals surface area contributed by atoms with Crippen LogP contribution in [0.2, 0.25) is 0 Å². The van der Waals surface area contributed by atoms with E-state index >= 15 is 0 Å². The molecule has 0 aromatic carbocycles. The van der Waals surface area contributed by atoms with Gasteiger partial charge in [0.2, 0.25) is 5.84 Å². The number of allylic oxidation sites excluding steroid dienone is 1. The second-order valence-corrected chi connectivity index (χ2v) is 2.03. The number of amidine groups is 1. The second kappa shape index (κ2) is 5.93. The molecule has 0 atom stereocenters. The smallest absolute Gasteiger partial charge is 0.376 e. The molecule has 0 rings (SSSR count). The Morgan fingerprint density at radius 2 is 2.31 bits per heavy atom. The van der Waals surface area contributed by atoms with E-state index in [1.807, 2.05) is 0 Å². The van der Waals surface area contributed by atoms with E-state index in [-0.39, 0.29) is 18.3 Å². The van der Waals surface area contributed by atoms with Crippen molar-refractivity contribution in [2.45, 2.75) is 13.8 Å². The van der Waals surface area contributed by atoms with Crippen LogP contribution in [0.3, 0.4) is 0 Å². The predicted molar refractivity (Wildman–Crippen MR) is 51.6 cm³/mol. The normalized spacial score (nSPS) is 12.5. The van der Waals surface area contributed by atoms with E-state index in [1.165, 1.54) is 0 Å². The van der Waals surface area contributed by atoms with Crippen molar-refractivity contribution < 1.29 is 9.53 Å². The molecule has 0 saturated heterocycles. The van der Waals surface area contributed by atoms with E-state index in [1.54, 1.807) is 19.9 Å². The summed E-state index contributed by atoms with van der Waals surface area (Å²) in [6, 6.07) is 0. The summed E-state index contributed by atoms with van der Waals surface area (Å²) in [5.41, 5.74) is 5.36. The molecule has 0 saturated carbocycles. The van der Waals surface area contributed by atoms with Crippen LogP contribution in [0.15, 0.2) is 21.9 Å². The van der Waals surface area contributed by atoms with Crippen molar-refractivity contribution in [1.29, 1.82) is 0 Å². The summed E-state index contributed by atoms with van der Waals surface area (Å²) in [5, 5.41) is 0. The first-order chi connectivity index (χ1) is 6.15. The molecule has 2 N–H and O–H groups in total. The molecule has 0 spiro atoms.